The second-order valence-electron chi connectivity index (χ2n) is 4.36. The Morgan fingerprint density at radius 2 is 1.75 bits per heavy atom. The van der Waals surface area contributed by atoms with Gasteiger partial charge in [-0.1, -0.05) is 19.1 Å². The van der Waals surface area contributed by atoms with Gasteiger partial charge in [-0.05, 0) is 38.3 Å². The summed E-state index contributed by atoms with van der Waals surface area (Å²) >= 11 is 0. The van der Waals surface area contributed by atoms with Crippen LogP contribution < -0.4 is 5.43 Å². The minimum atomic E-state index is 0.190. The van der Waals surface area contributed by atoms with Gasteiger partial charge in [-0.2, -0.15) is 0 Å². The van der Waals surface area contributed by atoms with Crippen LogP contribution in [0.1, 0.15) is 29.3 Å². The molecule has 1 aromatic carbocycles. The molecule has 2 heteroatoms. The van der Waals surface area contributed by atoms with Gasteiger partial charge >= 0.3 is 0 Å². The molecule has 0 saturated heterocycles. The van der Waals surface area contributed by atoms with E-state index < -0.39 is 0 Å². The molecule has 0 saturated carbocycles. The number of pyridine rings is 1. The molecule has 0 atom stereocenters. The van der Waals surface area contributed by atoms with Crippen LogP contribution in [-0.4, -0.2) is 4.98 Å². The summed E-state index contributed by atoms with van der Waals surface area (Å²) in [5.41, 5.74) is 5.25. The predicted molar refractivity (Wildman–Crippen MR) is 68.2 cm³/mol. The van der Waals surface area contributed by atoms with Crippen LogP contribution in [0.5, 0.6) is 0 Å². The average molecular weight is 215 g/mol. The molecule has 2 rings (SSSR count). The molecule has 0 spiro atoms. The number of aromatic amines is 1. The van der Waals surface area contributed by atoms with Gasteiger partial charge in [0, 0.05) is 16.6 Å². The van der Waals surface area contributed by atoms with Gasteiger partial charge in [-0.25, -0.2) is 0 Å². The van der Waals surface area contributed by atoms with E-state index in [1.54, 1.807) is 0 Å². The Labute approximate surface area is 95.3 Å². The van der Waals surface area contributed by atoms with Crippen LogP contribution in [0.4, 0.5) is 0 Å². The average Bonchev–Trinajstić information content (AvgIpc) is 2.24. The first-order valence-corrected chi connectivity index (χ1v) is 5.68. The molecule has 1 heterocycles. The van der Waals surface area contributed by atoms with Crippen LogP contribution in [0, 0.1) is 20.8 Å². The van der Waals surface area contributed by atoms with Crippen molar-refractivity contribution in [2.75, 3.05) is 0 Å². The maximum atomic E-state index is 12.3. The van der Waals surface area contributed by atoms with Crippen molar-refractivity contribution in [1.82, 2.24) is 4.98 Å². The third kappa shape index (κ3) is 1.45. The van der Waals surface area contributed by atoms with E-state index in [0.29, 0.717) is 0 Å². The molecular formula is C14H17NO. The van der Waals surface area contributed by atoms with E-state index in [1.165, 1.54) is 0 Å². The fraction of sp³-hybridized carbons (Fsp3) is 0.357. The fourth-order valence-electron chi connectivity index (χ4n) is 2.27. The van der Waals surface area contributed by atoms with E-state index in [9.17, 15) is 4.79 Å². The summed E-state index contributed by atoms with van der Waals surface area (Å²) in [6.07, 6.45) is 0.782. The molecule has 16 heavy (non-hydrogen) atoms. The molecule has 0 aliphatic heterocycles. The summed E-state index contributed by atoms with van der Waals surface area (Å²) in [5, 5.41) is 0.849. The van der Waals surface area contributed by atoms with Crippen molar-refractivity contribution in [1.29, 1.82) is 0 Å². The van der Waals surface area contributed by atoms with Gasteiger partial charge in [0.2, 0.25) is 0 Å². The standard InChI is InChI=1S/C14H17NO/c1-5-11-10(4)15-13-9(3)7-6-8(2)12(13)14(11)16/h6-7H,5H2,1-4H3,(H,15,16). The zero-order chi connectivity index (χ0) is 11.9. The number of hydrogen-bond acceptors (Lipinski definition) is 1. The molecule has 1 N–H and O–H groups in total. The summed E-state index contributed by atoms with van der Waals surface area (Å²) in [5.74, 6) is 0. The van der Waals surface area contributed by atoms with Crippen LogP contribution in [0.15, 0.2) is 16.9 Å². The number of fused-ring (bicyclic) bond motifs is 1. The third-order valence-electron chi connectivity index (χ3n) is 3.24. The molecule has 0 aliphatic rings. The summed E-state index contributed by atoms with van der Waals surface area (Å²) in [6, 6.07) is 4.07. The lowest BCUT2D eigenvalue weighted by Crippen LogP contribution is -2.14. The van der Waals surface area contributed by atoms with E-state index in [2.05, 4.69) is 11.1 Å². The highest BCUT2D eigenvalue weighted by atomic mass is 16.1. The first kappa shape index (κ1) is 10.9. The summed E-state index contributed by atoms with van der Waals surface area (Å²) in [6.45, 7) is 8.02. The second-order valence-corrected chi connectivity index (χ2v) is 4.36. The van der Waals surface area contributed by atoms with Crippen molar-refractivity contribution in [3.05, 3.63) is 44.7 Å². The minimum Gasteiger partial charge on any atom is -0.358 e. The molecule has 0 radical (unpaired) electrons. The van der Waals surface area contributed by atoms with Crippen molar-refractivity contribution in [2.24, 2.45) is 0 Å². The summed E-state index contributed by atoms with van der Waals surface area (Å²) in [7, 11) is 0. The number of nitrogens with one attached hydrogen (secondary N) is 1. The monoisotopic (exact) mass is 215 g/mol. The third-order valence-corrected chi connectivity index (χ3v) is 3.24. The SMILES string of the molecule is CCc1c(C)[nH]c2c(C)ccc(C)c2c1=O. The van der Waals surface area contributed by atoms with E-state index in [4.69, 9.17) is 0 Å². The molecule has 1 aromatic heterocycles. The molecule has 0 amide bonds. The molecule has 0 unspecified atom stereocenters. The first-order valence-electron chi connectivity index (χ1n) is 5.68. The van der Waals surface area contributed by atoms with Crippen molar-refractivity contribution in [3.8, 4) is 0 Å². The van der Waals surface area contributed by atoms with Gasteiger partial charge in [0.05, 0.1) is 5.52 Å². The van der Waals surface area contributed by atoms with Crippen LogP contribution >= 0.6 is 0 Å². The number of aromatic nitrogens is 1. The van der Waals surface area contributed by atoms with Crippen molar-refractivity contribution < 1.29 is 0 Å². The van der Waals surface area contributed by atoms with E-state index in [1.807, 2.05) is 33.8 Å². The number of H-pyrrole nitrogens is 1. The topological polar surface area (TPSA) is 32.9 Å². The van der Waals surface area contributed by atoms with E-state index in [-0.39, 0.29) is 5.43 Å². The highest BCUT2D eigenvalue weighted by Crippen LogP contribution is 2.19. The zero-order valence-corrected chi connectivity index (χ0v) is 10.3. The fourth-order valence-corrected chi connectivity index (χ4v) is 2.27. The molecular weight excluding hydrogens is 198 g/mol. The molecule has 0 bridgehead atoms. The summed E-state index contributed by atoms with van der Waals surface area (Å²) in [4.78, 5) is 15.7. The quantitative estimate of drug-likeness (QED) is 0.779. The van der Waals surface area contributed by atoms with Crippen molar-refractivity contribution in [2.45, 2.75) is 34.1 Å². The smallest absolute Gasteiger partial charge is 0.193 e. The highest BCUT2D eigenvalue weighted by Gasteiger charge is 2.10. The van der Waals surface area contributed by atoms with Crippen LogP contribution in [0.25, 0.3) is 10.9 Å². The Bertz CT molecular complexity index is 608. The Hall–Kier alpha value is -1.57. The van der Waals surface area contributed by atoms with Crippen LogP contribution in [-0.2, 0) is 6.42 Å². The molecule has 0 fully saturated rings. The lowest BCUT2D eigenvalue weighted by atomic mass is 10.0. The van der Waals surface area contributed by atoms with E-state index >= 15 is 0 Å². The molecule has 0 aliphatic carbocycles. The van der Waals surface area contributed by atoms with Crippen LogP contribution in [0.2, 0.25) is 0 Å². The van der Waals surface area contributed by atoms with Crippen LogP contribution in [0.3, 0.4) is 0 Å². The minimum absolute atomic E-state index is 0.190. The Balaban J connectivity index is 3.05. The second kappa shape index (κ2) is 3.78. The largest absolute Gasteiger partial charge is 0.358 e. The molecule has 2 nitrogen and oxygen atoms in total. The van der Waals surface area contributed by atoms with Crippen molar-refractivity contribution in [3.63, 3.8) is 0 Å². The predicted octanol–water partition coefficient (Wildman–Crippen LogP) is 3.02. The van der Waals surface area contributed by atoms with Crippen molar-refractivity contribution >= 4 is 10.9 Å². The molecule has 84 valence electrons. The number of hydrogen-bond donors (Lipinski definition) is 1. The van der Waals surface area contributed by atoms with Gasteiger partial charge in [-0.3, -0.25) is 4.79 Å². The number of rotatable bonds is 1. The Morgan fingerprint density at radius 1 is 1.12 bits per heavy atom. The number of benzene rings is 1. The Kier molecular flexibility index (Phi) is 2.58. The lowest BCUT2D eigenvalue weighted by molar-refractivity contribution is 1.05. The van der Waals surface area contributed by atoms with E-state index in [0.717, 1.165) is 39.7 Å². The van der Waals surface area contributed by atoms with Gasteiger partial charge in [0.15, 0.2) is 5.43 Å². The highest BCUT2D eigenvalue weighted by molar-refractivity contribution is 5.85. The first-order chi connectivity index (χ1) is 7.56. The van der Waals surface area contributed by atoms with Gasteiger partial charge in [-0.15, -0.1) is 0 Å². The van der Waals surface area contributed by atoms with Gasteiger partial charge in [0.25, 0.3) is 0 Å². The maximum Gasteiger partial charge on any atom is 0.193 e. The number of aryl methyl sites for hydroxylation is 3. The zero-order valence-electron chi connectivity index (χ0n) is 10.3. The molecule has 2 aromatic rings. The lowest BCUT2D eigenvalue weighted by Gasteiger charge is -2.10. The Morgan fingerprint density at radius 3 is 2.38 bits per heavy atom. The normalized spacial score (nSPS) is 11.0. The maximum absolute atomic E-state index is 12.3. The van der Waals surface area contributed by atoms with Gasteiger partial charge in [0.1, 0.15) is 0 Å². The van der Waals surface area contributed by atoms with Gasteiger partial charge < -0.3 is 4.98 Å². The summed E-state index contributed by atoms with van der Waals surface area (Å²) < 4.78 is 0.